The van der Waals surface area contributed by atoms with Crippen molar-refractivity contribution in [1.29, 1.82) is 0 Å². The number of urea groups is 1. The summed E-state index contributed by atoms with van der Waals surface area (Å²) in [6, 6.07) is -0.0524. The van der Waals surface area contributed by atoms with Crippen LogP contribution in [-0.4, -0.2) is 63.3 Å². The Balaban J connectivity index is 1.27. The van der Waals surface area contributed by atoms with Crippen LogP contribution in [0.15, 0.2) is 29.5 Å². The molecule has 4 rings (SSSR count). The Bertz CT molecular complexity index is 865. The molecule has 0 spiro atoms. The average Bonchev–Trinajstić information content (AvgIpc) is 3.38. The molecule has 2 saturated heterocycles. The zero-order valence-electron chi connectivity index (χ0n) is 18.9. The van der Waals surface area contributed by atoms with E-state index in [9.17, 15) is 9.59 Å². The number of amides is 3. The van der Waals surface area contributed by atoms with Crippen LogP contribution >= 0.6 is 11.6 Å². The van der Waals surface area contributed by atoms with Crippen LogP contribution in [0.2, 0.25) is 0 Å². The molecule has 8 nitrogen and oxygen atoms in total. The minimum Gasteiger partial charge on any atom is -0.342 e. The van der Waals surface area contributed by atoms with Crippen molar-refractivity contribution in [2.45, 2.75) is 46.1 Å². The molecule has 1 aromatic rings. The van der Waals surface area contributed by atoms with E-state index in [2.05, 4.69) is 51.6 Å². The van der Waals surface area contributed by atoms with Crippen LogP contribution in [0.1, 0.15) is 45.2 Å². The number of aromatic amines is 1. The standard InChI is InChI=1S/C23H33ClN6O2/c1-23(2,11-16-4-3-5-19(24)10-16)21(31)29-8-6-17-14-30(15-18(17)7-9-29)22(32)25-12-20-13-26-28-27-20/h3,5,10,13,16-18H,4,6-9,11-12,14-15H2,1-2H3,(H,25,32)(H,26,27,28). The molecule has 9 heteroatoms. The highest BCUT2D eigenvalue weighted by molar-refractivity contribution is 6.31. The molecule has 0 aromatic carbocycles. The van der Waals surface area contributed by atoms with Crippen molar-refractivity contribution in [1.82, 2.24) is 30.5 Å². The Morgan fingerprint density at radius 1 is 1.22 bits per heavy atom. The molecule has 2 aliphatic heterocycles. The summed E-state index contributed by atoms with van der Waals surface area (Å²) in [6.07, 6.45) is 11.3. The van der Waals surface area contributed by atoms with Gasteiger partial charge in [-0.1, -0.05) is 37.6 Å². The number of carbonyl (C=O) groups excluding carboxylic acids is 2. The lowest BCUT2D eigenvalue weighted by Crippen LogP contribution is -2.43. The van der Waals surface area contributed by atoms with Crippen molar-refractivity contribution in [3.8, 4) is 0 Å². The molecule has 0 radical (unpaired) electrons. The number of H-pyrrole nitrogens is 1. The Labute approximate surface area is 194 Å². The van der Waals surface area contributed by atoms with Crippen molar-refractivity contribution >= 4 is 23.5 Å². The van der Waals surface area contributed by atoms with Gasteiger partial charge in [-0.15, -0.1) is 0 Å². The first-order valence-electron chi connectivity index (χ1n) is 11.5. The summed E-state index contributed by atoms with van der Waals surface area (Å²) in [6.45, 7) is 7.51. The maximum Gasteiger partial charge on any atom is 0.317 e. The van der Waals surface area contributed by atoms with E-state index in [-0.39, 0.29) is 11.9 Å². The number of hydrogen-bond acceptors (Lipinski definition) is 4. The highest BCUT2D eigenvalue weighted by atomic mass is 35.5. The molecule has 1 aromatic heterocycles. The molecule has 3 aliphatic rings. The van der Waals surface area contributed by atoms with Crippen molar-refractivity contribution in [2.24, 2.45) is 23.2 Å². The third kappa shape index (κ3) is 5.34. The molecule has 3 unspecified atom stereocenters. The lowest BCUT2D eigenvalue weighted by Gasteiger charge is -2.34. The number of rotatable bonds is 5. The molecular formula is C23H33ClN6O2. The third-order valence-electron chi connectivity index (χ3n) is 7.04. The minimum atomic E-state index is -0.421. The van der Waals surface area contributed by atoms with Crippen molar-refractivity contribution in [3.63, 3.8) is 0 Å². The molecule has 174 valence electrons. The van der Waals surface area contributed by atoms with Gasteiger partial charge in [0.2, 0.25) is 5.91 Å². The van der Waals surface area contributed by atoms with Gasteiger partial charge < -0.3 is 15.1 Å². The summed E-state index contributed by atoms with van der Waals surface area (Å²) in [7, 11) is 0. The van der Waals surface area contributed by atoms with Crippen LogP contribution in [0.25, 0.3) is 0 Å². The van der Waals surface area contributed by atoms with Gasteiger partial charge in [-0.3, -0.25) is 4.79 Å². The molecule has 0 bridgehead atoms. The summed E-state index contributed by atoms with van der Waals surface area (Å²) in [4.78, 5) is 29.9. The quantitative estimate of drug-likeness (QED) is 0.704. The van der Waals surface area contributed by atoms with E-state index in [0.29, 0.717) is 30.0 Å². The minimum absolute atomic E-state index is 0.0524. The van der Waals surface area contributed by atoms with Gasteiger partial charge in [0.05, 0.1) is 12.7 Å². The van der Waals surface area contributed by atoms with Gasteiger partial charge in [0.15, 0.2) is 0 Å². The first kappa shape index (κ1) is 22.8. The van der Waals surface area contributed by atoms with Crippen LogP contribution in [0.4, 0.5) is 4.79 Å². The second-order valence-electron chi connectivity index (χ2n) is 9.95. The fourth-order valence-electron chi connectivity index (χ4n) is 5.32. The summed E-state index contributed by atoms with van der Waals surface area (Å²) in [5.74, 6) is 1.43. The predicted octanol–water partition coefficient (Wildman–Crippen LogP) is 3.30. The fraction of sp³-hybridized carbons (Fsp3) is 0.652. The van der Waals surface area contributed by atoms with Crippen LogP contribution < -0.4 is 5.32 Å². The Hall–Kier alpha value is -2.35. The first-order valence-corrected chi connectivity index (χ1v) is 11.9. The predicted molar refractivity (Wildman–Crippen MR) is 123 cm³/mol. The average molecular weight is 461 g/mol. The van der Waals surface area contributed by atoms with Crippen molar-refractivity contribution in [3.05, 3.63) is 35.2 Å². The van der Waals surface area contributed by atoms with Gasteiger partial charge in [0.1, 0.15) is 5.69 Å². The zero-order valence-corrected chi connectivity index (χ0v) is 19.6. The maximum absolute atomic E-state index is 13.4. The number of allylic oxidation sites excluding steroid dienone is 4. The number of fused-ring (bicyclic) bond motifs is 1. The van der Waals surface area contributed by atoms with E-state index < -0.39 is 5.41 Å². The molecule has 1 aliphatic carbocycles. The largest absolute Gasteiger partial charge is 0.342 e. The Kier molecular flexibility index (Phi) is 6.88. The highest BCUT2D eigenvalue weighted by Crippen LogP contribution is 2.36. The first-order chi connectivity index (χ1) is 15.3. The zero-order chi connectivity index (χ0) is 22.7. The van der Waals surface area contributed by atoms with E-state index in [0.717, 1.165) is 56.9 Å². The van der Waals surface area contributed by atoms with E-state index >= 15 is 0 Å². The number of nitrogens with one attached hydrogen (secondary N) is 2. The van der Waals surface area contributed by atoms with E-state index in [1.165, 1.54) is 0 Å². The number of halogens is 1. The molecule has 2 N–H and O–H groups in total. The van der Waals surface area contributed by atoms with Gasteiger partial charge in [0.25, 0.3) is 0 Å². The third-order valence-corrected chi connectivity index (χ3v) is 7.29. The van der Waals surface area contributed by atoms with Gasteiger partial charge in [-0.2, -0.15) is 15.4 Å². The monoisotopic (exact) mass is 460 g/mol. The normalized spacial score (nSPS) is 25.8. The molecule has 3 amide bonds. The number of likely N-dealkylation sites (tertiary alicyclic amines) is 2. The molecule has 0 saturated carbocycles. The fourth-order valence-corrected chi connectivity index (χ4v) is 5.59. The van der Waals surface area contributed by atoms with Crippen LogP contribution in [0.3, 0.4) is 0 Å². The number of nitrogens with zero attached hydrogens (tertiary/aromatic N) is 4. The molecular weight excluding hydrogens is 428 g/mol. The number of hydrogen-bond donors (Lipinski definition) is 2. The second kappa shape index (κ2) is 9.65. The van der Waals surface area contributed by atoms with Crippen LogP contribution in [0, 0.1) is 23.2 Å². The molecule has 3 atom stereocenters. The van der Waals surface area contributed by atoms with Gasteiger partial charge in [0, 0.05) is 36.6 Å². The highest BCUT2D eigenvalue weighted by Gasteiger charge is 2.40. The number of carbonyl (C=O) groups is 2. The summed E-state index contributed by atoms with van der Waals surface area (Å²) in [5, 5.41) is 14.0. The van der Waals surface area contributed by atoms with Crippen LogP contribution in [-0.2, 0) is 11.3 Å². The lowest BCUT2D eigenvalue weighted by atomic mass is 9.79. The van der Waals surface area contributed by atoms with Gasteiger partial charge in [-0.25, -0.2) is 4.79 Å². The topological polar surface area (TPSA) is 94.2 Å². The van der Waals surface area contributed by atoms with E-state index in [1.54, 1.807) is 6.20 Å². The molecule has 2 fully saturated rings. The lowest BCUT2D eigenvalue weighted by molar-refractivity contribution is -0.141. The van der Waals surface area contributed by atoms with E-state index in [1.807, 2.05) is 11.0 Å². The van der Waals surface area contributed by atoms with Crippen molar-refractivity contribution < 1.29 is 9.59 Å². The molecule has 32 heavy (non-hydrogen) atoms. The number of aromatic nitrogens is 3. The summed E-state index contributed by atoms with van der Waals surface area (Å²) >= 11 is 6.16. The van der Waals surface area contributed by atoms with Crippen LogP contribution in [0.5, 0.6) is 0 Å². The Morgan fingerprint density at radius 3 is 2.56 bits per heavy atom. The summed E-state index contributed by atoms with van der Waals surface area (Å²) in [5.41, 5.74) is 0.293. The maximum atomic E-state index is 13.4. The SMILES string of the molecule is CC(C)(CC1C=C(Cl)C=CC1)C(=O)N1CCC2CN(C(=O)NCc3cn[nH]n3)CC2CC1. The summed E-state index contributed by atoms with van der Waals surface area (Å²) < 4.78 is 0. The van der Waals surface area contributed by atoms with E-state index in [4.69, 9.17) is 11.6 Å². The van der Waals surface area contributed by atoms with Crippen molar-refractivity contribution in [2.75, 3.05) is 26.2 Å². The smallest absolute Gasteiger partial charge is 0.317 e. The second-order valence-corrected chi connectivity index (χ2v) is 10.4. The van der Waals surface area contributed by atoms with Gasteiger partial charge in [-0.05, 0) is 49.5 Å². The Morgan fingerprint density at radius 2 is 1.94 bits per heavy atom. The molecule has 3 heterocycles. The van der Waals surface area contributed by atoms with Gasteiger partial charge >= 0.3 is 6.03 Å².